The maximum Gasteiger partial charge on any atom is 0.277 e. The van der Waals surface area contributed by atoms with Crippen molar-refractivity contribution in [2.75, 3.05) is 0 Å². The van der Waals surface area contributed by atoms with Gasteiger partial charge in [-0.3, -0.25) is 4.79 Å². The summed E-state index contributed by atoms with van der Waals surface area (Å²) in [4.78, 5) is 12.0. The molecule has 18 heavy (non-hydrogen) atoms. The Morgan fingerprint density at radius 3 is 2.56 bits per heavy atom. The smallest absolute Gasteiger partial charge is 0.277 e. The third kappa shape index (κ3) is 2.95. The Labute approximate surface area is 108 Å². The molecule has 0 aliphatic heterocycles. The average Bonchev–Trinajstić information content (AvgIpc) is 2.75. The van der Waals surface area contributed by atoms with Crippen molar-refractivity contribution in [3.8, 4) is 0 Å². The van der Waals surface area contributed by atoms with E-state index in [1.807, 2.05) is 0 Å². The van der Waals surface area contributed by atoms with Gasteiger partial charge in [0, 0.05) is 12.5 Å². The van der Waals surface area contributed by atoms with Crippen LogP contribution in [0.1, 0.15) is 23.2 Å². The predicted molar refractivity (Wildman–Crippen MR) is 65.1 cm³/mol. The molecule has 2 aromatic rings. The molecule has 1 heterocycles. The quantitative estimate of drug-likeness (QED) is 0.629. The van der Waals surface area contributed by atoms with Crippen LogP contribution >= 0.6 is 11.8 Å². The highest BCUT2D eigenvalue weighted by Crippen LogP contribution is 2.24. The van der Waals surface area contributed by atoms with Gasteiger partial charge < -0.3 is 4.42 Å². The Balaban J connectivity index is 2.07. The van der Waals surface area contributed by atoms with Crippen LogP contribution in [0.4, 0.5) is 4.39 Å². The van der Waals surface area contributed by atoms with Crippen molar-refractivity contribution < 1.29 is 13.6 Å². The number of benzene rings is 1. The Kier molecular flexibility index (Phi) is 3.76. The van der Waals surface area contributed by atoms with Gasteiger partial charge in [-0.1, -0.05) is 11.8 Å². The molecule has 4 nitrogen and oxygen atoms in total. The van der Waals surface area contributed by atoms with Crippen molar-refractivity contribution in [1.82, 2.24) is 10.2 Å². The lowest BCUT2D eigenvalue weighted by Crippen LogP contribution is -2.13. The maximum atomic E-state index is 12.8. The minimum atomic E-state index is -0.365. The molecule has 0 saturated carbocycles. The molecule has 2 rings (SSSR count). The zero-order chi connectivity index (χ0) is 13.1. The number of carbonyl (C=O) groups excluding carboxylic acids is 1. The van der Waals surface area contributed by atoms with Crippen molar-refractivity contribution in [3.63, 3.8) is 0 Å². The summed E-state index contributed by atoms with van der Waals surface area (Å²) < 4.78 is 17.9. The maximum absolute atomic E-state index is 12.8. The summed E-state index contributed by atoms with van der Waals surface area (Å²) in [5.41, 5.74) is 0.465. The van der Waals surface area contributed by atoms with Crippen LogP contribution in [-0.4, -0.2) is 21.2 Å². The van der Waals surface area contributed by atoms with E-state index in [4.69, 9.17) is 4.42 Å². The van der Waals surface area contributed by atoms with Gasteiger partial charge in [0.05, 0.1) is 5.25 Å². The lowest BCUT2D eigenvalue weighted by atomic mass is 10.1. The number of hydrogen-bond acceptors (Lipinski definition) is 5. The SMILES string of the molecule is Cc1nnc(S[C@H](C)C(=O)c2ccc(F)cc2)o1. The van der Waals surface area contributed by atoms with Gasteiger partial charge in [-0.15, -0.1) is 10.2 Å². The molecule has 0 N–H and O–H groups in total. The summed E-state index contributed by atoms with van der Waals surface area (Å²) in [6, 6.07) is 5.46. The van der Waals surface area contributed by atoms with E-state index in [0.717, 1.165) is 0 Å². The number of ketones is 1. The molecule has 0 spiro atoms. The van der Waals surface area contributed by atoms with Crippen molar-refractivity contribution >= 4 is 17.5 Å². The summed E-state index contributed by atoms with van der Waals surface area (Å²) in [5, 5.41) is 7.49. The first-order valence-electron chi connectivity index (χ1n) is 5.33. The van der Waals surface area contributed by atoms with Gasteiger partial charge in [-0.2, -0.15) is 0 Å². The number of halogens is 1. The Hall–Kier alpha value is -1.69. The summed E-state index contributed by atoms with van der Waals surface area (Å²) in [7, 11) is 0. The normalized spacial score (nSPS) is 12.4. The highest BCUT2D eigenvalue weighted by molar-refractivity contribution is 8.00. The number of nitrogens with zero attached hydrogens (tertiary/aromatic N) is 2. The third-order valence-corrected chi connectivity index (χ3v) is 3.22. The Morgan fingerprint density at radius 2 is 2.00 bits per heavy atom. The molecule has 0 bridgehead atoms. The van der Waals surface area contributed by atoms with Gasteiger partial charge in [0.1, 0.15) is 5.82 Å². The first kappa shape index (κ1) is 12.8. The van der Waals surface area contributed by atoms with E-state index in [0.29, 0.717) is 16.7 Å². The van der Waals surface area contributed by atoms with Crippen molar-refractivity contribution in [1.29, 1.82) is 0 Å². The standard InChI is InChI=1S/C12H11FN2O2S/c1-7(18-12-15-14-8(2)17-12)11(16)9-3-5-10(13)6-4-9/h3-7H,1-2H3/t7-/m1/s1. The molecule has 94 valence electrons. The molecular formula is C12H11FN2O2S. The molecule has 1 aromatic carbocycles. The monoisotopic (exact) mass is 266 g/mol. The molecule has 0 unspecified atom stereocenters. The van der Waals surface area contributed by atoms with E-state index >= 15 is 0 Å². The summed E-state index contributed by atoms with van der Waals surface area (Å²) >= 11 is 1.19. The molecule has 0 fully saturated rings. The van der Waals surface area contributed by atoms with Crippen LogP contribution in [0.2, 0.25) is 0 Å². The molecule has 0 radical (unpaired) electrons. The predicted octanol–water partition coefficient (Wildman–Crippen LogP) is 2.88. The molecule has 0 aliphatic carbocycles. The Bertz CT molecular complexity index is 553. The van der Waals surface area contributed by atoms with Gasteiger partial charge in [-0.05, 0) is 31.2 Å². The van der Waals surface area contributed by atoms with Crippen LogP contribution in [0.5, 0.6) is 0 Å². The largest absolute Gasteiger partial charge is 0.416 e. The highest BCUT2D eigenvalue weighted by atomic mass is 32.2. The highest BCUT2D eigenvalue weighted by Gasteiger charge is 2.19. The van der Waals surface area contributed by atoms with E-state index in [1.165, 1.54) is 36.0 Å². The number of hydrogen-bond donors (Lipinski definition) is 0. The second-order valence-electron chi connectivity index (χ2n) is 3.72. The topological polar surface area (TPSA) is 56.0 Å². The zero-order valence-electron chi connectivity index (χ0n) is 9.88. The average molecular weight is 266 g/mol. The van der Waals surface area contributed by atoms with Crippen molar-refractivity contribution in [2.24, 2.45) is 0 Å². The van der Waals surface area contributed by atoms with Crippen LogP contribution < -0.4 is 0 Å². The van der Waals surface area contributed by atoms with E-state index < -0.39 is 0 Å². The van der Waals surface area contributed by atoms with Crippen LogP contribution in [0.15, 0.2) is 33.9 Å². The first-order chi connectivity index (χ1) is 8.56. The van der Waals surface area contributed by atoms with Crippen LogP contribution in [0, 0.1) is 12.7 Å². The number of aromatic nitrogens is 2. The van der Waals surface area contributed by atoms with E-state index in [9.17, 15) is 9.18 Å². The van der Waals surface area contributed by atoms with Crippen molar-refractivity contribution in [2.45, 2.75) is 24.3 Å². The Morgan fingerprint density at radius 1 is 1.33 bits per heavy atom. The number of Topliss-reactive ketones (excluding diaryl/α,β-unsaturated/α-hetero) is 1. The first-order valence-corrected chi connectivity index (χ1v) is 6.21. The van der Waals surface area contributed by atoms with E-state index in [-0.39, 0.29) is 16.9 Å². The molecule has 0 amide bonds. The summed E-state index contributed by atoms with van der Waals surface area (Å²) in [6.45, 7) is 3.43. The summed E-state index contributed by atoms with van der Waals surface area (Å²) in [6.07, 6.45) is 0. The van der Waals surface area contributed by atoms with Crippen molar-refractivity contribution in [3.05, 3.63) is 41.5 Å². The second kappa shape index (κ2) is 5.30. The van der Waals surface area contributed by atoms with Gasteiger partial charge in [0.25, 0.3) is 5.22 Å². The third-order valence-electron chi connectivity index (χ3n) is 2.28. The second-order valence-corrected chi connectivity index (χ2v) is 5.01. The summed E-state index contributed by atoms with van der Waals surface area (Å²) in [5.74, 6) is -0.00540. The van der Waals surface area contributed by atoms with E-state index in [1.54, 1.807) is 13.8 Å². The van der Waals surface area contributed by atoms with Gasteiger partial charge in [-0.25, -0.2) is 4.39 Å². The molecule has 1 atom stereocenters. The molecule has 6 heteroatoms. The van der Waals surface area contributed by atoms with Crippen LogP contribution in [-0.2, 0) is 0 Å². The lowest BCUT2D eigenvalue weighted by Gasteiger charge is -2.07. The fourth-order valence-electron chi connectivity index (χ4n) is 1.38. The molecule has 0 saturated heterocycles. The fraction of sp³-hybridized carbons (Fsp3) is 0.250. The minimum absolute atomic E-state index is 0.101. The van der Waals surface area contributed by atoms with Crippen LogP contribution in [0.25, 0.3) is 0 Å². The number of rotatable bonds is 4. The van der Waals surface area contributed by atoms with Crippen LogP contribution in [0.3, 0.4) is 0 Å². The number of thioether (sulfide) groups is 1. The number of aryl methyl sites for hydroxylation is 1. The van der Waals surface area contributed by atoms with Gasteiger partial charge in [0.2, 0.25) is 5.89 Å². The molecular weight excluding hydrogens is 255 g/mol. The zero-order valence-corrected chi connectivity index (χ0v) is 10.7. The van der Waals surface area contributed by atoms with Gasteiger partial charge in [0.15, 0.2) is 5.78 Å². The fourth-order valence-corrected chi connectivity index (χ4v) is 2.18. The van der Waals surface area contributed by atoms with E-state index in [2.05, 4.69) is 10.2 Å². The minimum Gasteiger partial charge on any atom is -0.416 e. The molecule has 0 aliphatic rings. The molecule has 1 aromatic heterocycles. The lowest BCUT2D eigenvalue weighted by molar-refractivity contribution is 0.0993. The van der Waals surface area contributed by atoms with Gasteiger partial charge >= 0.3 is 0 Å². The number of carbonyl (C=O) groups is 1.